The van der Waals surface area contributed by atoms with Crippen LogP contribution in [0.5, 0.6) is 0 Å². The smallest absolute Gasteiger partial charge is 0.380 e. The first-order chi connectivity index (χ1) is 7.36. The van der Waals surface area contributed by atoms with E-state index in [4.69, 9.17) is 0 Å². The zero-order valence-corrected chi connectivity index (χ0v) is 8.89. The second-order valence-corrected chi connectivity index (χ2v) is 3.36. The summed E-state index contributed by atoms with van der Waals surface area (Å²) in [6.07, 6.45) is -4.43. The van der Waals surface area contributed by atoms with Crippen molar-refractivity contribution in [2.75, 3.05) is 7.11 Å². The molecule has 0 aromatic heterocycles. The number of halogens is 3. The number of methoxy groups -OCH3 is 1. The molecule has 0 unspecified atom stereocenters. The van der Waals surface area contributed by atoms with Crippen LogP contribution in [-0.4, -0.2) is 12.9 Å². The highest BCUT2D eigenvalue weighted by Crippen LogP contribution is 2.32. The molecule has 0 aliphatic carbocycles. The molecule has 0 bridgehead atoms. The van der Waals surface area contributed by atoms with Crippen LogP contribution in [0.15, 0.2) is 18.2 Å². The molecule has 16 heavy (non-hydrogen) atoms. The zero-order chi connectivity index (χ0) is 12.3. The standard InChI is InChI=1S/C11H11F3O2/c1-7(15)8-3-4-10(11(12,13)14)9(5-8)6-16-2/h3-5H,6H2,1-2H3. The molecule has 1 aromatic carbocycles. The maximum absolute atomic E-state index is 12.6. The van der Waals surface area contributed by atoms with Gasteiger partial charge in [0.2, 0.25) is 0 Å². The minimum atomic E-state index is -4.43. The van der Waals surface area contributed by atoms with Crippen molar-refractivity contribution in [2.24, 2.45) is 0 Å². The van der Waals surface area contributed by atoms with Crippen LogP contribution in [0.1, 0.15) is 28.4 Å². The van der Waals surface area contributed by atoms with Crippen molar-refractivity contribution in [1.82, 2.24) is 0 Å². The van der Waals surface area contributed by atoms with Crippen LogP contribution in [0.25, 0.3) is 0 Å². The van der Waals surface area contributed by atoms with Crippen LogP contribution in [0.3, 0.4) is 0 Å². The van der Waals surface area contributed by atoms with Gasteiger partial charge in [-0.1, -0.05) is 6.07 Å². The maximum Gasteiger partial charge on any atom is 0.416 e. The lowest BCUT2D eigenvalue weighted by Gasteiger charge is -2.13. The largest absolute Gasteiger partial charge is 0.416 e. The van der Waals surface area contributed by atoms with Crippen LogP contribution in [0, 0.1) is 0 Å². The van der Waals surface area contributed by atoms with E-state index in [9.17, 15) is 18.0 Å². The highest BCUT2D eigenvalue weighted by atomic mass is 19.4. The molecule has 1 rings (SSSR count). The molecule has 0 radical (unpaired) electrons. The Bertz CT molecular complexity index is 397. The third-order valence-electron chi connectivity index (χ3n) is 2.12. The fourth-order valence-electron chi connectivity index (χ4n) is 1.36. The van der Waals surface area contributed by atoms with Crippen LogP contribution in [0.2, 0.25) is 0 Å². The van der Waals surface area contributed by atoms with E-state index in [-0.39, 0.29) is 23.5 Å². The topological polar surface area (TPSA) is 26.3 Å². The lowest BCUT2D eigenvalue weighted by Crippen LogP contribution is -2.11. The number of hydrogen-bond acceptors (Lipinski definition) is 2. The van der Waals surface area contributed by atoms with Gasteiger partial charge in [-0.2, -0.15) is 13.2 Å². The molecule has 2 nitrogen and oxygen atoms in total. The number of rotatable bonds is 3. The van der Waals surface area contributed by atoms with Gasteiger partial charge < -0.3 is 4.74 Å². The minimum Gasteiger partial charge on any atom is -0.380 e. The number of hydrogen-bond donors (Lipinski definition) is 0. The fourth-order valence-corrected chi connectivity index (χ4v) is 1.36. The SMILES string of the molecule is COCc1cc(C(C)=O)ccc1C(F)(F)F. The molecule has 0 atom stereocenters. The van der Waals surface area contributed by atoms with Crippen molar-refractivity contribution < 1.29 is 22.7 Å². The summed E-state index contributed by atoms with van der Waals surface area (Å²) in [5, 5.41) is 0. The molecule has 0 heterocycles. The van der Waals surface area contributed by atoms with Gasteiger partial charge in [0.15, 0.2) is 5.78 Å². The van der Waals surface area contributed by atoms with Crippen molar-refractivity contribution in [3.8, 4) is 0 Å². The summed E-state index contributed by atoms with van der Waals surface area (Å²) in [6.45, 7) is 1.13. The van der Waals surface area contributed by atoms with Crippen molar-refractivity contribution in [1.29, 1.82) is 0 Å². The Morgan fingerprint density at radius 1 is 1.38 bits per heavy atom. The Kier molecular flexibility index (Phi) is 3.70. The number of Topliss-reactive ketones (excluding diaryl/α,β-unsaturated/α-hetero) is 1. The average molecular weight is 232 g/mol. The van der Waals surface area contributed by atoms with E-state index in [1.807, 2.05) is 0 Å². The zero-order valence-electron chi connectivity index (χ0n) is 8.89. The van der Waals surface area contributed by atoms with Gasteiger partial charge in [0.1, 0.15) is 0 Å². The highest BCUT2D eigenvalue weighted by molar-refractivity contribution is 5.94. The molecule has 0 aliphatic heterocycles. The second-order valence-electron chi connectivity index (χ2n) is 3.36. The van der Waals surface area contributed by atoms with E-state index in [0.717, 1.165) is 6.07 Å². The predicted octanol–water partition coefficient (Wildman–Crippen LogP) is 3.05. The lowest BCUT2D eigenvalue weighted by atomic mass is 10.0. The van der Waals surface area contributed by atoms with Gasteiger partial charge in [-0.05, 0) is 24.6 Å². The van der Waals surface area contributed by atoms with Crippen molar-refractivity contribution >= 4 is 5.78 Å². The van der Waals surface area contributed by atoms with Crippen LogP contribution in [0.4, 0.5) is 13.2 Å². The van der Waals surface area contributed by atoms with Crippen LogP contribution in [-0.2, 0) is 17.5 Å². The molecular formula is C11H11F3O2. The molecule has 5 heteroatoms. The van der Waals surface area contributed by atoms with E-state index < -0.39 is 11.7 Å². The molecule has 1 aromatic rings. The number of ketones is 1. The monoisotopic (exact) mass is 232 g/mol. The molecule has 0 amide bonds. The van der Waals surface area contributed by atoms with Gasteiger partial charge in [0, 0.05) is 12.7 Å². The maximum atomic E-state index is 12.6. The van der Waals surface area contributed by atoms with Crippen LogP contribution < -0.4 is 0 Å². The number of carbonyl (C=O) groups is 1. The summed E-state index contributed by atoms with van der Waals surface area (Å²) in [7, 11) is 1.31. The molecule has 88 valence electrons. The molecule has 0 saturated heterocycles. The summed E-state index contributed by atoms with van der Waals surface area (Å²) < 4.78 is 42.4. The Morgan fingerprint density at radius 2 is 2.00 bits per heavy atom. The molecule has 0 spiro atoms. The van der Waals surface area contributed by atoms with Crippen molar-refractivity contribution in [3.63, 3.8) is 0 Å². The van der Waals surface area contributed by atoms with Crippen molar-refractivity contribution in [2.45, 2.75) is 19.7 Å². The summed E-state index contributed by atoms with van der Waals surface area (Å²) >= 11 is 0. The Morgan fingerprint density at radius 3 is 2.44 bits per heavy atom. The lowest BCUT2D eigenvalue weighted by molar-refractivity contribution is -0.138. The highest BCUT2D eigenvalue weighted by Gasteiger charge is 2.33. The van der Waals surface area contributed by atoms with Gasteiger partial charge >= 0.3 is 6.18 Å². The van der Waals surface area contributed by atoms with Gasteiger partial charge in [-0.25, -0.2) is 0 Å². The summed E-state index contributed by atoms with van der Waals surface area (Å²) in [5.74, 6) is -0.272. The van der Waals surface area contributed by atoms with Crippen molar-refractivity contribution in [3.05, 3.63) is 34.9 Å². The third-order valence-corrected chi connectivity index (χ3v) is 2.12. The number of benzene rings is 1. The van der Waals surface area contributed by atoms with E-state index >= 15 is 0 Å². The predicted molar refractivity (Wildman–Crippen MR) is 52.2 cm³/mol. The molecular weight excluding hydrogens is 221 g/mol. The first-order valence-electron chi connectivity index (χ1n) is 4.56. The molecule has 0 fully saturated rings. The third kappa shape index (κ3) is 2.82. The minimum absolute atomic E-state index is 0.0253. The first-order valence-corrected chi connectivity index (χ1v) is 4.56. The average Bonchev–Trinajstić information content (AvgIpc) is 2.16. The summed E-state index contributed by atoms with van der Waals surface area (Å²) in [5.41, 5.74) is -0.540. The normalized spacial score (nSPS) is 11.6. The van der Waals surface area contributed by atoms with E-state index in [0.29, 0.717) is 0 Å². The van der Waals surface area contributed by atoms with E-state index in [1.165, 1.54) is 26.2 Å². The number of ether oxygens (including phenoxy) is 1. The Labute approximate surface area is 91.0 Å². The van der Waals surface area contributed by atoms with Gasteiger partial charge in [0.25, 0.3) is 0 Å². The van der Waals surface area contributed by atoms with E-state index in [2.05, 4.69) is 4.74 Å². The quantitative estimate of drug-likeness (QED) is 0.748. The van der Waals surface area contributed by atoms with Gasteiger partial charge in [-0.15, -0.1) is 0 Å². The summed E-state index contributed by atoms with van der Waals surface area (Å²) in [6, 6.07) is 3.30. The Balaban J connectivity index is 3.24. The van der Waals surface area contributed by atoms with E-state index in [1.54, 1.807) is 0 Å². The summed E-state index contributed by atoms with van der Waals surface area (Å²) in [4.78, 5) is 11.0. The fraction of sp³-hybridized carbons (Fsp3) is 0.364. The Hall–Kier alpha value is -1.36. The van der Waals surface area contributed by atoms with Gasteiger partial charge in [-0.3, -0.25) is 4.79 Å². The van der Waals surface area contributed by atoms with Gasteiger partial charge in [0.05, 0.1) is 12.2 Å². The van der Waals surface area contributed by atoms with Crippen LogP contribution >= 0.6 is 0 Å². The molecule has 0 aliphatic rings. The first kappa shape index (κ1) is 12.7. The number of carbonyl (C=O) groups excluding carboxylic acids is 1. The molecule has 0 N–H and O–H groups in total. The molecule has 0 saturated carbocycles. The number of alkyl halides is 3. The second kappa shape index (κ2) is 4.65.